The summed E-state index contributed by atoms with van der Waals surface area (Å²) in [6.07, 6.45) is 2.30. The van der Waals surface area contributed by atoms with Crippen LogP contribution in [-0.2, 0) is 0 Å². The zero-order chi connectivity index (χ0) is 11.7. The van der Waals surface area contributed by atoms with E-state index in [0.717, 1.165) is 18.7 Å². The molecular weight excluding hydrogens is 198 g/mol. The fourth-order valence-electron chi connectivity index (χ4n) is 3.08. The Balaban J connectivity index is 2.49. The standard InChI is InChI=1S/C14H21NO/c1-9-4-5-12(16-3)14-10(2)8-11(6-7-15)13(9)14/h4-5,10-11H,6-8,15H2,1-3H3. The predicted octanol–water partition coefficient (Wildman–Crippen LogP) is 2.94. The van der Waals surface area contributed by atoms with Crippen LogP contribution < -0.4 is 10.5 Å². The molecule has 2 nitrogen and oxygen atoms in total. The minimum atomic E-state index is 0.599. The number of benzene rings is 1. The third-order valence-corrected chi connectivity index (χ3v) is 3.74. The largest absolute Gasteiger partial charge is 0.496 e. The highest BCUT2D eigenvalue weighted by Crippen LogP contribution is 2.48. The molecule has 0 fully saturated rings. The monoisotopic (exact) mass is 219 g/mol. The normalized spacial score (nSPS) is 23.2. The first kappa shape index (κ1) is 11.5. The van der Waals surface area contributed by atoms with Crippen LogP contribution in [0.25, 0.3) is 0 Å². The van der Waals surface area contributed by atoms with Crippen LogP contribution in [-0.4, -0.2) is 13.7 Å². The maximum atomic E-state index is 5.70. The molecule has 16 heavy (non-hydrogen) atoms. The Morgan fingerprint density at radius 3 is 2.75 bits per heavy atom. The van der Waals surface area contributed by atoms with Gasteiger partial charge in [-0.3, -0.25) is 0 Å². The molecule has 2 N–H and O–H groups in total. The SMILES string of the molecule is COc1ccc(C)c2c1C(C)CC2CCN. The number of rotatable bonds is 3. The summed E-state index contributed by atoms with van der Waals surface area (Å²) in [5.74, 6) is 2.28. The molecule has 0 heterocycles. The van der Waals surface area contributed by atoms with Crippen LogP contribution in [0.2, 0.25) is 0 Å². The molecule has 0 amide bonds. The first-order valence-electron chi connectivity index (χ1n) is 6.06. The third kappa shape index (κ3) is 1.71. The molecule has 0 saturated carbocycles. The molecule has 1 aliphatic carbocycles. The van der Waals surface area contributed by atoms with Crippen molar-refractivity contribution in [1.29, 1.82) is 0 Å². The van der Waals surface area contributed by atoms with Crippen molar-refractivity contribution in [1.82, 2.24) is 0 Å². The van der Waals surface area contributed by atoms with Gasteiger partial charge in [-0.25, -0.2) is 0 Å². The molecule has 1 aromatic rings. The van der Waals surface area contributed by atoms with E-state index in [0.29, 0.717) is 11.8 Å². The third-order valence-electron chi connectivity index (χ3n) is 3.74. The Labute approximate surface area is 97.8 Å². The first-order valence-corrected chi connectivity index (χ1v) is 6.06. The van der Waals surface area contributed by atoms with E-state index in [-0.39, 0.29) is 0 Å². The van der Waals surface area contributed by atoms with Crippen molar-refractivity contribution in [2.45, 2.75) is 38.5 Å². The Kier molecular flexibility index (Phi) is 3.20. The summed E-state index contributed by atoms with van der Waals surface area (Å²) in [6, 6.07) is 4.26. The molecule has 1 aliphatic rings. The molecule has 2 atom stereocenters. The van der Waals surface area contributed by atoms with Crippen LogP contribution in [0, 0.1) is 6.92 Å². The van der Waals surface area contributed by atoms with Gasteiger partial charge in [-0.1, -0.05) is 13.0 Å². The smallest absolute Gasteiger partial charge is 0.122 e. The maximum absolute atomic E-state index is 5.70. The van der Waals surface area contributed by atoms with E-state index in [1.165, 1.54) is 23.1 Å². The quantitative estimate of drug-likeness (QED) is 0.848. The lowest BCUT2D eigenvalue weighted by atomic mass is 9.93. The van der Waals surface area contributed by atoms with Gasteiger partial charge in [0, 0.05) is 5.56 Å². The zero-order valence-corrected chi connectivity index (χ0v) is 10.4. The van der Waals surface area contributed by atoms with Crippen LogP contribution in [0.1, 0.15) is 48.3 Å². The summed E-state index contributed by atoms with van der Waals surface area (Å²) < 4.78 is 5.48. The van der Waals surface area contributed by atoms with Crippen LogP contribution in [0.4, 0.5) is 0 Å². The summed E-state index contributed by atoms with van der Waals surface area (Å²) in [5, 5.41) is 0. The Bertz CT molecular complexity index is 387. The lowest BCUT2D eigenvalue weighted by molar-refractivity contribution is 0.407. The van der Waals surface area contributed by atoms with Crippen molar-refractivity contribution in [3.63, 3.8) is 0 Å². The highest BCUT2D eigenvalue weighted by molar-refractivity contribution is 5.51. The summed E-state index contributed by atoms with van der Waals surface area (Å²) in [5.41, 5.74) is 10.0. The molecule has 88 valence electrons. The van der Waals surface area contributed by atoms with E-state index in [4.69, 9.17) is 10.5 Å². The second-order valence-electron chi connectivity index (χ2n) is 4.82. The van der Waals surface area contributed by atoms with Crippen LogP contribution in [0.3, 0.4) is 0 Å². The van der Waals surface area contributed by atoms with E-state index in [1.807, 2.05) is 0 Å². The van der Waals surface area contributed by atoms with Gasteiger partial charge in [0.25, 0.3) is 0 Å². The van der Waals surface area contributed by atoms with Gasteiger partial charge in [0.1, 0.15) is 5.75 Å². The average Bonchev–Trinajstić information content (AvgIpc) is 2.59. The molecule has 0 aromatic heterocycles. The molecular formula is C14H21NO. The Morgan fingerprint density at radius 1 is 1.38 bits per heavy atom. The van der Waals surface area contributed by atoms with Crippen molar-refractivity contribution in [3.8, 4) is 5.75 Å². The van der Waals surface area contributed by atoms with Crippen molar-refractivity contribution < 1.29 is 4.74 Å². The summed E-state index contributed by atoms with van der Waals surface area (Å²) in [7, 11) is 1.76. The van der Waals surface area contributed by atoms with Gasteiger partial charge in [-0.15, -0.1) is 0 Å². The molecule has 2 rings (SSSR count). The molecule has 0 saturated heterocycles. The number of ether oxygens (including phenoxy) is 1. The van der Waals surface area contributed by atoms with Gasteiger partial charge in [0.2, 0.25) is 0 Å². The van der Waals surface area contributed by atoms with Gasteiger partial charge in [0.15, 0.2) is 0 Å². The number of aryl methyl sites for hydroxylation is 1. The van der Waals surface area contributed by atoms with Crippen LogP contribution >= 0.6 is 0 Å². The van der Waals surface area contributed by atoms with Gasteiger partial charge in [-0.05, 0) is 55.3 Å². The molecule has 0 spiro atoms. The van der Waals surface area contributed by atoms with Crippen LogP contribution in [0.5, 0.6) is 5.75 Å². The van der Waals surface area contributed by atoms with E-state index >= 15 is 0 Å². The van der Waals surface area contributed by atoms with E-state index in [1.54, 1.807) is 7.11 Å². The fraction of sp³-hybridized carbons (Fsp3) is 0.571. The van der Waals surface area contributed by atoms with Crippen molar-refractivity contribution in [3.05, 3.63) is 28.8 Å². The molecule has 0 radical (unpaired) electrons. The average molecular weight is 219 g/mol. The number of hydrogen-bond acceptors (Lipinski definition) is 2. The summed E-state index contributed by atoms with van der Waals surface area (Å²) >= 11 is 0. The second kappa shape index (κ2) is 4.46. The minimum Gasteiger partial charge on any atom is -0.496 e. The topological polar surface area (TPSA) is 35.2 Å². The second-order valence-corrected chi connectivity index (χ2v) is 4.82. The molecule has 2 unspecified atom stereocenters. The first-order chi connectivity index (χ1) is 7.69. The van der Waals surface area contributed by atoms with Crippen molar-refractivity contribution in [2.24, 2.45) is 5.73 Å². The number of nitrogens with two attached hydrogens (primary N) is 1. The van der Waals surface area contributed by atoms with Gasteiger partial charge in [0.05, 0.1) is 7.11 Å². The Hall–Kier alpha value is -1.02. The lowest BCUT2D eigenvalue weighted by Gasteiger charge is -2.15. The van der Waals surface area contributed by atoms with E-state index in [9.17, 15) is 0 Å². The number of methoxy groups -OCH3 is 1. The van der Waals surface area contributed by atoms with Gasteiger partial charge in [-0.2, -0.15) is 0 Å². The zero-order valence-electron chi connectivity index (χ0n) is 10.4. The highest BCUT2D eigenvalue weighted by Gasteiger charge is 2.31. The highest BCUT2D eigenvalue weighted by atomic mass is 16.5. The number of fused-ring (bicyclic) bond motifs is 1. The molecule has 0 aliphatic heterocycles. The predicted molar refractivity (Wildman–Crippen MR) is 67.2 cm³/mol. The van der Waals surface area contributed by atoms with E-state index < -0.39 is 0 Å². The number of hydrogen-bond donors (Lipinski definition) is 1. The summed E-state index contributed by atoms with van der Waals surface area (Å²) in [4.78, 5) is 0. The lowest BCUT2D eigenvalue weighted by Crippen LogP contribution is -2.06. The van der Waals surface area contributed by atoms with Gasteiger partial charge >= 0.3 is 0 Å². The molecule has 0 bridgehead atoms. The van der Waals surface area contributed by atoms with E-state index in [2.05, 4.69) is 26.0 Å². The van der Waals surface area contributed by atoms with Crippen molar-refractivity contribution in [2.75, 3.05) is 13.7 Å². The maximum Gasteiger partial charge on any atom is 0.122 e. The summed E-state index contributed by atoms with van der Waals surface area (Å²) in [6.45, 7) is 5.25. The fourth-order valence-corrected chi connectivity index (χ4v) is 3.08. The molecule has 1 aromatic carbocycles. The van der Waals surface area contributed by atoms with Gasteiger partial charge < -0.3 is 10.5 Å². The molecule has 2 heteroatoms. The minimum absolute atomic E-state index is 0.599. The van der Waals surface area contributed by atoms with Crippen molar-refractivity contribution >= 4 is 0 Å². The Morgan fingerprint density at radius 2 is 2.12 bits per heavy atom. The van der Waals surface area contributed by atoms with Crippen LogP contribution in [0.15, 0.2) is 12.1 Å².